The van der Waals surface area contributed by atoms with Crippen molar-refractivity contribution >= 4 is 0 Å². The maximum Gasteiger partial charge on any atom is 0.248 e. The summed E-state index contributed by atoms with van der Waals surface area (Å²) in [5.41, 5.74) is -0.761. The molecule has 13 heavy (non-hydrogen) atoms. The Bertz CT molecular complexity index is 189. The first-order valence-corrected chi connectivity index (χ1v) is 5.09. The van der Waals surface area contributed by atoms with Crippen LogP contribution in [0.2, 0.25) is 0 Å². The van der Waals surface area contributed by atoms with Gasteiger partial charge in [0.1, 0.15) is 0 Å². The number of aliphatic hydroxyl groups is 1. The Morgan fingerprint density at radius 1 is 1.08 bits per heavy atom. The Balaban J connectivity index is 1.87. The van der Waals surface area contributed by atoms with Crippen LogP contribution in [0, 0.1) is 5.92 Å². The summed E-state index contributed by atoms with van der Waals surface area (Å²) in [5, 5.41) is 9.98. The van der Waals surface area contributed by atoms with Gasteiger partial charge in [0.05, 0.1) is 5.60 Å². The molecule has 0 heterocycles. The van der Waals surface area contributed by atoms with Gasteiger partial charge in [-0.3, -0.25) is 0 Å². The van der Waals surface area contributed by atoms with Gasteiger partial charge in [-0.05, 0) is 25.2 Å². The predicted octanol–water partition coefficient (Wildman–Crippen LogP) is 2.73. The quantitative estimate of drug-likeness (QED) is 0.709. The number of alkyl halides is 2. The lowest BCUT2D eigenvalue weighted by Crippen LogP contribution is -2.38. The average Bonchev–Trinajstić information content (AvgIpc) is 2.81. The van der Waals surface area contributed by atoms with Crippen molar-refractivity contribution in [1.29, 1.82) is 0 Å². The lowest BCUT2D eigenvalue weighted by Gasteiger charge is -2.36. The van der Waals surface area contributed by atoms with Gasteiger partial charge in [-0.2, -0.15) is 0 Å². The van der Waals surface area contributed by atoms with Crippen molar-refractivity contribution in [1.82, 2.24) is 0 Å². The lowest BCUT2D eigenvalue weighted by atomic mass is 9.79. The Morgan fingerprint density at radius 2 is 1.62 bits per heavy atom. The minimum absolute atomic E-state index is 0.129. The van der Waals surface area contributed by atoms with Crippen LogP contribution in [0.15, 0.2) is 0 Å². The summed E-state index contributed by atoms with van der Waals surface area (Å²) >= 11 is 0. The van der Waals surface area contributed by atoms with E-state index in [1.807, 2.05) is 0 Å². The molecule has 0 saturated heterocycles. The molecule has 0 radical (unpaired) electrons. The molecule has 1 nitrogen and oxygen atoms in total. The summed E-state index contributed by atoms with van der Waals surface area (Å²) in [5.74, 6) is -1.90. The van der Waals surface area contributed by atoms with E-state index in [9.17, 15) is 13.9 Å². The van der Waals surface area contributed by atoms with Crippen LogP contribution in [0.3, 0.4) is 0 Å². The first-order chi connectivity index (χ1) is 5.99. The van der Waals surface area contributed by atoms with Crippen molar-refractivity contribution in [3.63, 3.8) is 0 Å². The zero-order valence-electron chi connectivity index (χ0n) is 7.73. The SMILES string of the molecule is OC1(CC2CC2)CCC(F)(F)CC1. The molecule has 0 aromatic carbocycles. The molecule has 2 saturated carbocycles. The van der Waals surface area contributed by atoms with Crippen LogP contribution in [0.1, 0.15) is 44.9 Å². The second-order valence-corrected chi connectivity index (χ2v) is 4.73. The van der Waals surface area contributed by atoms with Gasteiger partial charge in [-0.15, -0.1) is 0 Å². The van der Waals surface area contributed by atoms with Crippen molar-refractivity contribution in [2.24, 2.45) is 5.92 Å². The summed E-state index contributed by atoms with van der Waals surface area (Å²) in [6, 6.07) is 0. The molecule has 0 aromatic rings. The number of halogens is 2. The summed E-state index contributed by atoms with van der Waals surface area (Å²) in [6.07, 6.45) is 3.43. The first kappa shape index (κ1) is 9.38. The normalized spacial score (nSPS) is 31.6. The molecular weight excluding hydrogens is 174 g/mol. The average molecular weight is 190 g/mol. The lowest BCUT2D eigenvalue weighted by molar-refractivity contribution is -0.108. The zero-order chi connectivity index (χ0) is 9.53. The number of rotatable bonds is 2. The van der Waals surface area contributed by atoms with Crippen molar-refractivity contribution < 1.29 is 13.9 Å². The molecular formula is C10H16F2O. The van der Waals surface area contributed by atoms with Gasteiger partial charge >= 0.3 is 0 Å². The standard InChI is InChI=1S/C10H16F2O/c11-10(12)5-3-9(13,4-6-10)7-8-1-2-8/h8,13H,1-7H2. The highest BCUT2D eigenvalue weighted by Gasteiger charge is 2.44. The molecule has 1 N–H and O–H groups in total. The van der Waals surface area contributed by atoms with Gasteiger partial charge in [0.2, 0.25) is 5.92 Å². The second kappa shape index (κ2) is 2.91. The van der Waals surface area contributed by atoms with Crippen LogP contribution in [-0.4, -0.2) is 16.6 Å². The van der Waals surface area contributed by atoms with E-state index < -0.39 is 11.5 Å². The van der Waals surface area contributed by atoms with E-state index in [-0.39, 0.29) is 25.7 Å². The largest absolute Gasteiger partial charge is 0.390 e. The molecule has 0 amide bonds. The molecule has 0 spiro atoms. The monoisotopic (exact) mass is 190 g/mol. The molecule has 0 unspecified atom stereocenters. The third-order valence-corrected chi connectivity index (χ3v) is 3.28. The van der Waals surface area contributed by atoms with Gasteiger partial charge in [-0.25, -0.2) is 8.78 Å². The topological polar surface area (TPSA) is 20.2 Å². The third-order valence-electron chi connectivity index (χ3n) is 3.28. The molecule has 0 aromatic heterocycles. The maximum absolute atomic E-state index is 12.8. The Labute approximate surface area is 77.1 Å². The van der Waals surface area contributed by atoms with Crippen LogP contribution in [-0.2, 0) is 0 Å². The van der Waals surface area contributed by atoms with Crippen molar-refractivity contribution in [3.8, 4) is 0 Å². The molecule has 3 heteroatoms. The summed E-state index contributed by atoms with van der Waals surface area (Å²) in [4.78, 5) is 0. The van der Waals surface area contributed by atoms with E-state index in [2.05, 4.69) is 0 Å². The van der Waals surface area contributed by atoms with E-state index in [4.69, 9.17) is 0 Å². The van der Waals surface area contributed by atoms with Crippen LogP contribution >= 0.6 is 0 Å². The highest BCUT2D eigenvalue weighted by atomic mass is 19.3. The molecule has 76 valence electrons. The van der Waals surface area contributed by atoms with Crippen LogP contribution in [0.25, 0.3) is 0 Å². The predicted molar refractivity (Wildman–Crippen MR) is 45.7 cm³/mol. The minimum atomic E-state index is -2.52. The van der Waals surface area contributed by atoms with Crippen molar-refractivity contribution in [3.05, 3.63) is 0 Å². The van der Waals surface area contributed by atoms with E-state index in [0.717, 1.165) is 6.42 Å². The van der Waals surface area contributed by atoms with Gasteiger partial charge in [0.15, 0.2) is 0 Å². The zero-order valence-corrected chi connectivity index (χ0v) is 7.73. The van der Waals surface area contributed by atoms with Crippen molar-refractivity contribution in [2.45, 2.75) is 56.5 Å². The van der Waals surface area contributed by atoms with Gasteiger partial charge in [-0.1, -0.05) is 12.8 Å². The van der Waals surface area contributed by atoms with Gasteiger partial charge in [0.25, 0.3) is 0 Å². The van der Waals surface area contributed by atoms with Crippen molar-refractivity contribution in [2.75, 3.05) is 0 Å². The molecule has 0 bridgehead atoms. The molecule has 2 aliphatic carbocycles. The second-order valence-electron chi connectivity index (χ2n) is 4.73. The van der Waals surface area contributed by atoms with E-state index in [1.165, 1.54) is 12.8 Å². The molecule has 2 aliphatic rings. The Kier molecular flexibility index (Phi) is 2.10. The number of hydrogen-bond donors (Lipinski definition) is 1. The Morgan fingerprint density at radius 3 is 2.08 bits per heavy atom. The fourth-order valence-electron chi connectivity index (χ4n) is 2.14. The van der Waals surface area contributed by atoms with Crippen LogP contribution in [0.5, 0.6) is 0 Å². The molecule has 0 aliphatic heterocycles. The van der Waals surface area contributed by atoms with E-state index in [0.29, 0.717) is 5.92 Å². The number of hydrogen-bond acceptors (Lipinski definition) is 1. The fourth-order valence-corrected chi connectivity index (χ4v) is 2.14. The van der Waals surface area contributed by atoms with E-state index in [1.54, 1.807) is 0 Å². The first-order valence-electron chi connectivity index (χ1n) is 5.09. The summed E-state index contributed by atoms with van der Waals surface area (Å²) in [7, 11) is 0. The highest BCUT2D eigenvalue weighted by molar-refractivity contribution is 4.92. The molecule has 0 atom stereocenters. The van der Waals surface area contributed by atoms with Crippen LogP contribution < -0.4 is 0 Å². The summed E-state index contributed by atoms with van der Waals surface area (Å²) in [6.45, 7) is 0. The Hall–Kier alpha value is -0.180. The van der Waals surface area contributed by atoms with E-state index >= 15 is 0 Å². The van der Waals surface area contributed by atoms with Gasteiger partial charge < -0.3 is 5.11 Å². The highest BCUT2D eigenvalue weighted by Crippen LogP contribution is 2.45. The molecule has 2 fully saturated rings. The fraction of sp³-hybridized carbons (Fsp3) is 1.00. The third kappa shape index (κ3) is 2.39. The summed E-state index contributed by atoms with van der Waals surface area (Å²) < 4.78 is 25.6. The molecule has 2 rings (SSSR count). The van der Waals surface area contributed by atoms with Crippen LogP contribution in [0.4, 0.5) is 8.78 Å². The van der Waals surface area contributed by atoms with Gasteiger partial charge in [0, 0.05) is 12.8 Å². The smallest absolute Gasteiger partial charge is 0.248 e. The maximum atomic E-state index is 12.8. The minimum Gasteiger partial charge on any atom is -0.390 e.